The zero-order valence-corrected chi connectivity index (χ0v) is 9.60. The molecule has 0 spiro atoms. The van der Waals surface area contributed by atoms with Crippen molar-refractivity contribution in [2.75, 3.05) is 13.1 Å². The number of piperidine rings is 1. The SMILES string of the molecule is C=CCCC(CCC)C1CCNCC1. The highest BCUT2D eigenvalue weighted by Gasteiger charge is 2.21. The maximum absolute atomic E-state index is 3.83. The minimum absolute atomic E-state index is 0.958. The van der Waals surface area contributed by atoms with Crippen molar-refractivity contribution in [2.24, 2.45) is 11.8 Å². The first-order valence-corrected chi connectivity index (χ1v) is 6.20. The normalized spacial score (nSPS) is 20.6. The zero-order chi connectivity index (χ0) is 10.2. The second-order valence-corrected chi connectivity index (χ2v) is 4.50. The molecule has 1 unspecified atom stereocenters. The van der Waals surface area contributed by atoms with Crippen molar-refractivity contribution in [3.63, 3.8) is 0 Å². The van der Waals surface area contributed by atoms with E-state index in [1.807, 2.05) is 0 Å². The molecule has 1 nitrogen and oxygen atoms in total. The van der Waals surface area contributed by atoms with Crippen molar-refractivity contribution >= 4 is 0 Å². The van der Waals surface area contributed by atoms with Crippen LogP contribution in [-0.2, 0) is 0 Å². The van der Waals surface area contributed by atoms with E-state index in [-0.39, 0.29) is 0 Å². The fourth-order valence-corrected chi connectivity index (χ4v) is 2.63. The lowest BCUT2D eigenvalue weighted by Gasteiger charge is -2.30. The van der Waals surface area contributed by atoms with Crippen molar-refractivity contribution < 1.29 is 0 Å². The van der Waals surface area contributed by atoms with Crippen LogP contribution in [0.25, 0.3) is 0 Å². The molecule has 14 heavy (non-hydrogen) atoms. The van der Waals surface area contributed by atoms with E-state index in [9.17, 15) is 0 Å². The molecule has 1 heteroatoms. The van der Waals surface area contributed by atoms with Gasteiger partial charge in [0.2, 0.25) is 0 Å². The van der Waals surface area contributed by atoms with Crippen LogP contribution in [0.4, 0.5) is 0 Å². The van der Waals surface area contributed by atoms with E-state index in [0.717, 1.165) is 11.8 Å². The summed E-state index contributed by atoms with van der Waals surface area (Å²) in [4.78, 5) is 0. The topological polar surface area (TPSA) is 12.0 Å². The van der Waals surface area contributed by atoms with E-state index >= 15 is 0 Å². The van der Waals surface area contributed by atoms with Crippen molar-refractivity contribution in [3.8, 4) is 0 Å². The molecule has 1 rings (SSSR count). The summed E-state index contributed by atoms with van der Waals surface area (Å²) in [7, 11) is 0. The minimum atomic E-state index is 0.958. The van der Waals surface area contributed by atoms with Crippen LogP contribution in [0.15, 0.2) is 12.7 Å². The largest absolute Gasteiger partial charge is 0.317 e. The van der Waals surface area contributed by atoms with E-state index in [2.05, 4.69) is 24.9 Å². The quantitative estimate of drug-likeness (QED) is 0.641. The van der Waals surface area contributed by atoms with E-state index in [1.54, 1.807) is 0 Å². The van der Waals surface area contributed by atoms with E-state index < -0.39 is 0 Å². The van der Waals surface area contributed by atoms with Crippen molar-refractivity contribution in [3.05, 3.63) is 12.7 Å². The smallest absolute Gasteiger partial charge is 0.00462 e. The van der Waals surface area contributed by atoms with Crippen molar-refractivity contribution in [1.29, 1.82) is 0 Å². The molecule has 1 aliphatic heterocycles. The summed E-state index contributed by atoms with van der Waals surface area (Å²) in [6, 6.07) is 0. The van der Waals surface area contributed by atoms with Gasteiger partial charge in [-0.15, -0.1) is 6.58 Å². The Hall–Kier alpha value is -0.300. The Bertz CT molecular complexity index is 147. The van der Waals surface area contributed by atoms with Crippen LogP contribution in [0.1, 0.15) is 45.4 Å². The van der Waals surface area contributed by atoms with E-state index in [0.29, 0.717) is 0 Å². The van der Waals surface area contributed by atoms with Crippen LogP contribution in [0, 0.1) is 11.8 Å². The Kier molecular flexibility index (Phi) is 5.93. The third-order valence-corrected chi connectivity index (χ3v) is 3.45. The number of nitrogens with one attached hydrogen (secondary N) is 1. The van der Waals surface area contributed by atoms with Gasteiger partial charge < -0.3 is 5.32 Å². The van der Waals surface area contributed by atoms with Crippen molar-refractivity contribution in [2.45, 2.75) is 45.4 Å². The standard InChI is InChI=1S/C13H25N/c1-3-5-7-12(6-4-2)13-8-10-14-11-9-13/h3,12-14H,1,4-11H2,2H3. The average Bonchev–Trinajstić information content (AvgIpc) is 2.25. The van der Waals surface area contributed by atoms with Crippen LogP contribution in [0.2, 0.25) is 0 Å². The molecule has 0 radical (unpaired) electrons. The molecule has 1 heterocycles. The zero-order valence-electron chi connectivity index (χ0n) is 9.60. The molecule has 82 valence electrons. The van der Waals surface area contributed by atoms with Gasteiger partial charge >= 0.3 is 0 Å². The Balaban J connectivity index is 2.33. The first kappa shape index (κ1) is 11.8. The predicted octanol–water partition coefficient (Wildman–Crippen LogP) is 3.37. The monoisotopic (exact) mass is 195 g/mol. The van der Waals surface area contributed by atoms with Gasteiger partial charge in [-0.05, 0) is 50.6 Å². The average molecular weight is 195 g/mol. The predicted molar refractivity (Wildman–Crippen MR) is 63.4 cm³/mol. The number of hydrogen-bond acceptors (Lipinski definition) is 1. The van der Waals surface area contributed by atoms with Gasteiger partial charge in [-0.25, -0.2) is 0 Å². The first-order chi connectivity index (χ1) is 6.88. The lowest BCUT2D eigenvalue weighted by atomic mass is 9.79. The number of allylic oxidation sites excluding steroid dienone is 1. The highest BCUT2D eigenvalue weighted by Crippen LogP contribution is 2.29. The molecule has 1 atom stereocenters. The highest BCUT2D eigenvalue weighted by atomic mass is 14.9. The Morgan fingerprint density at radius 2 is 2.07 bits per heavy atom. The summed E-state index contributed by atoms with van der Waals surface area (Å²) in [6.07, 6.45) is 10.2. The van der Waals surface area contributed by atoms with Gasteiger partial charge in [0.25, 0.3) is 0 Å². The second kappa shape index (κ2) is 7.05. The molecular weight excluding hydrogens is 170 g/mol. The third kappa shape index (κ3) is 3.83. The molecule has 1 N–H and O–H groups in total. The van der Waals surface area contributed by atoms with Crippen LogP contribution < -0.4 is 5.32 Å². The molecule has 1 fully saturated rings. The summed E-state index contributed by atoms with van der Waals surface area (Å²) in [5.74, 6) is 1.94. The van der Waals surface area contributed by atoms with Gasteiger partial charge in [0.1, 0.15) is 0 Å². The Morgan fingerprint density at radius 1 is 1.36 bits per heavy atom. The summed E-state index contributed by atoms with van der Waals surface area (Å²) in [5, 5.41) is 3.45. The molecule has 1 saturated heterocycles. The van der Waals surface area contributed by atoms with Gasteiger partial charge in [-0.1, -0.05) is 25.8 Å². The lowest BCUT2D eigenvalue weighted by Crippen LogP contribution is -2.31. The van der Waals surface area contributed by atoms with Gasteiger partial charge in [0.05, 0.1) is 0 Å². The Labute approximate surface area is 89.0 Å². The maximum atomic E-state index is 3.83. The molecule has 0 amide bonds. The lowest BCUT2D eigenvalue weighted by molar-refractivity contribution is 0.234. The molecule has 0 aliphatic carbocycles. The van der Waals surface area contributed by atoms with E-state index in [4.69, 9.17) is 0 Å². The fourth-order valence-electron chi connectivity index (χ4n) is 2.63. The van der Waals surface area contributed by atoms with Crippen LogP contribution in [0.5, 0.6) is 0 Å². The van der Waals surface area contributed by atoms with Gasteiger partial charge in [-0.3, -0.25) is 0 Å². The van der Waals surface area contributed by atoms with Crippen LogP contribution in [0.3, 0.4) is 0 Å². The molecule has 0 aromatic heterocycles. The molecule has 0 bridgehead atoms. The van der Waals surface area contributed by atoms with Crippen molar-refractivity contribution in [1.82, 2.24) is 5.32 Å². The third-order valence-electron chi connectivity index (χ3n) is 3.45. The van der Waals surface area contributed by atoms with Gasteiger partial charge in [-0.2, -0.15) is 0 Å². The molecule has 0 saturated carbocycles. The molecule has 0 aromatic rings. The molecule has 0 aromatic carbocycles. The summed E-state index contributed by atoms with van der Waals surface area (Å²) >= 11 is 0. The van der Waals surface area contributed by atoms with Crippen LogP contribution >= 0.6 is 0 Å². The molecule has 1 aliphatic rings. The Morgan fingerprint density at radius 3 is 2.64 bits per heavy atom. The molecular formula is C13H25N. The number of hydrogen-bond donors (Lipinski definition) is 1. The fraction of sp³-hybridized carbons (Fsp3) is 0.846. The van der Waals surface area contributed by atoms with Crippen LogP contribution in [-0.4, -0.2) is 13.1 Å². The minimum Gasteiger partial charge on any atom is -0.317 e. The highest BCUT2D eigenvalue weighted by molar-refractivity contribution is 4.78. The summed E-state index contributed by atoms with van der Waals surface area (Å²) < 4.78 is 0. The maximum Gasteiger partial charge on any atom is -0.00462 e. The number of rotatable bonds is 6. The summed E-state index contributed by atoms with van der Waals surface area (Å²) in [5.41, 5.74) is 0. The van der Waals surface area contributed by atoms with Gasteiger partial charge in [0.15, 0.2) is 0 Å². The van der Waals surface area contributed by atoms with Gasteiger partial charge in [0, 0.05) is 0 Å². The second-order valence-electron chi connectivity index (χ2n) is 4.50. The van der Waals surface area contributed by atoms with E-state index in [1.165, 1.54) is 51.6 Å². The summed E-state index contributed by atoms with van der Waals surface area (Å²) in [6.45, 7) is 8.60. The first-order valence-electron chi connectivity index (χ1n) is 6.20.